The Bertz CT molecular complexity index is 352. The summed E-state index contributed by atoms with van der Waals surface area (Å²) in [5.74, 6) is -0.138. The molecule has 15 heavy (non-hydrogen) atoms. The van der Waals surface area contributed by atoms with Crippen molar-refractivity contribution in [1.82, 2.24) is 0 Å². The predicted octanol–water partition coefficient (Wildman–Crippen LogP) is 2.73. The molecule has 0 spiro atoms. The molecular formula is C11H14BrNO2. The van der Waals surface area contributed by atoms with E-state index in [-0.39, 0.29) is 12.5 Å². The summed E-state index contributed by atoms with van der Waals surface area (Å²) in [6, 6.07) is 5.76. The minimum atomic E-state index is -0.138. The fourth-order valence-electron chi connectivity index (χ4n) is 1.10. The van der Waals surface area contributed by atoms with Crippen LogP contribution in [-0.4, -0.2) is 19.1 Å². The van der Waals surface area contributed by atoms with Crippen molar-refractivity contribution >= 4 is 27.5 Å². The largest absolute Gasteiger partial charge is 0.372 e. The topological polar surface area (TPSA) is 38.3 Å². The fourth-order valence-corrected chi connectivity index (χ4v) is 1.69. The van der Waals surface area contributed by atoms with E-state index >= 15 is 0 Å². The summed E-state index contributed by atoms with van der Waals surface area (Å²) < 4.78 is 5.89. The van der Waals surface area contributed by atoms with Crippen LogP contribution < -0.4 is 5.32 Å². The zero-order valence-electron chi connectivity index (χ0n) is 8.84. The van der Waals surface area contributed by atoms with Gasteiger partial charge in [-0.25, -0.2) is 0 Å². The Labute approximate surface area is 97.9 Å². The number of hydrogen-bond acceptors (Lipinski definition) is 2. The van der Waals surface area contributed by atoms with Crippen molar-refractivity contribution in [3.63, 3.8) is 0 Å². The summed E-state index contributed by atoms with van der Waals surface area (Å²) >= 11 is 3.39. The van der Waals surface area contributed by atoms with Crippen molar-refractivity contribution < 1.29 is 9.53 Å². The first kappa shape index (κ1) is 12.2. The third-order valence-corrected chi connectivity index (χ3v) is 2.49. The van der Waals surface area contributed by atoms with Crippen LogP contribution in [0.5, 0.6) is 0 Å². The average Bonchev–Trinajstić information content (AvgIpc) is 2.19. The van der Waals surface area contributed by atoms with Crippen LogP contribution >= 0.6 is 15.9 Å². The van der Waals surface area contributed by atoms with E-state index < -0.39 is 0 Å². The smallest absolute Gasteiger partial charge is 0.250 e. The molecule has 0 heterocycles. The Morgan fingerprint density at radius 1 is 1.53 bits per heavy atom. The molecule has 1 amide bonds. The molecule has 82 valence electrons. The molecule has 3 nitrogen and oxygen atoms in total. The van der Waals surface area contributed by atoms with E-state index in [0.717, 1.165) is 15.7 Å². The Kier molecular flexibility index (Phi) is 4.78. The van der Waals surface area contributed by atoms with E-state index in [1.165, 1.54) is 0 Å². The lowest BCUT2D eigenvalue weighted by Gasteiger charge is -2.07. The SMILES string of the molecule is CCOCC(=O)Nc1ccc(C)cc1Br. The van der Waals surface area contributed by atoms with Crippen LogP contribution in [0.1, 0.15) is 12.5 Å². The van der Waals surface area contributed by atoms with Gasteiger partial charge in [0.05, 0.1) is 5.69 Å². The highest BCUT2D eigenvalue weighted by molar-refractivity contribution is 9.10. The average molecular weight is 272 g/mol. The second kappa shape index (κ2) is 5.88. The van der Waals surface area contributed by atoms with Crippen molar-refractivity contribution in [3.8, 4) is 0 Å². The monoisotopic (exact) mass is 271 g/mol. The molecule has 0 saturated carbocycles. The normalized spacial score (nSPS) is 10.1. The molecule has 1 N–H and O–H groups in total. The second-order valence-electron chi connectivity index (χ2n) is 3.17. The van der Waals surface area contributed by atoms with Crippen molar-refractivity contribution in [2.75, 3.05) is 18.5 Å². The van der Waals surface area contributed by atoms with E-state index in [1.807, 2.05) is 32.0 Å². The maximum atomic E-state index is 11.4. The van der Waals surface area contributed by atoms with Crippen molar-refractivity contribution in [2.24, 2.45) is 0 Å². The van der Waals surface area contributed by atoms with E-state index in [9.17, 15) is 4.79 Å². The molecule has 1 aromatic carbocycles. The number of rotatable bonds is 4. The van der Waals surface area contributed by atoms with E-state index in [0.29, 0.717) is 6.61 Å². The van der Waals surface area contributed by atoms with Crippen molar-refractivity contribution in [1.29, 1.82) is 0 Å². The summed E-state index contributed by atoms with van der Waals surface area (Å²) in [5, 5.41) is 2.76. The second-order valence-corrected chi connectivity index (χ2v) is 4.02. The highest BCUT2D eigenvalue weighted by Gasteiger charge is 2.04. The molecule has 0 aliphatic heterocycles. The van der Waals surface area contributed by atoms with Gasteiger partial charge < -0.3 is 10.1 Å². The van der Waals surface area contributed by atoms with Crippen LogP contribution in [0.15, 0.2) is 22.7 Å². The Balaban J connectivity index is 2.60. The third-order valence-electron chi connectivity index (χ3n) is 1.84. The molecule has 0 aliphatic carbocycles. The van der Waals surface area contributed by atoms with Gasteiger partial charge in [-0.05, 0) is 47.5 Å². The van der Waals surface area contributed by atoms with Gasteiger partial charge in [0.25, 0.3) is 0 Å². The molecule has 0 aromatic heterocycles. The quantitative estimate of drug-likeness (QED) is 0.915. The van der Waals surface area contributed by atoms with Gasteiger partial charge in [0.15, 0.2) is 0 Å². The molecule has 4 heteroatoms. The van der Waals surface area contributed by atoms with Crippen LogP contribution in [0.3, 0.4) is 0 Å². The van der Waals surface area contributed by atoms with Gasteiger partial charge in [-0.2, -0.15) is 0 Å². The summed E-state index contributed by atoms with van der Waals surface area (Å²) in [6.45, 7) is 4.49. The fraction of sp³-hybridized carbons (Fsp3) is 0.364. The summed E-state index contributed by atoms with van der Waals surface area (Å²) in [5.41, 5.74) is 1.91. The van der Waals surface area contributed by atoms with Crippen LogP contribution in [0.4, 0.5) is 5.69 Å². The van der Waals surface area contributed by atoms with Crippen molar-refractivity contribution in [2.45, 2.75) is 13.8 Å². The summed E-state index contributed by atoms with van der Waals surface area (Å²) in [7, 11) is 0. The summed E-state index contributed by atoms with van der Waals surface area (Å²) in [6.07, 6.45) is 0. The van der Waals surface area contributed by atoms with Gasteiger partial charge in [-0.3, -0.25) is 4.79 Å². The van der Waals surface area contributed by atoms with E-state index in [1.54, 1.807) is 0 Å². The van der Waals surface area contributed by atoms with Gasteiger partial charge in [-0.1, -0.05) is 6.07 Å². The van der Waals surface area contributed by atoms with E-state index in [4.69, 9.17) is 4.74 Å². The van der Waals surface area contributed by atoms with Crippen LogP contribution in [0, 0.1) is 6.92 Å². The molecule has 0 saturated heterocycles. The zero-order chi connectivity index (χ0) is 11.3. The number of nitrogens with one attached hydrogen (secondary N) is 1. The molecule has 0 unspecified atom stereocenters. The minimum absolute atomic E-state index is 0.0941. The molecule has 0 fully saturated rings. The molecule has 0 bridgehead atoms. The maximum Gasteiger partial charge on any atom is 0.250 e. The molecule has 0 atom stereocenters. The Hall–Kier alpha value is -0.870. The van der Waals surface area contributed by atoms with Gasteiger partial charge >= 0.3 is 0 Å². The number of benzene rings is 1. The number of anilines is 1. The Morgan fingerprint density at radius 2 is 2.27 bits per heavy atom. The number of ether oxygens (including phenoxy) is 1. The standard InChI is InChI=1S/C11H14BrNO2/c1-3-15-7-11(14)13-10-5-4-8(2)6-9(10)12/h4-6H,3,7H2,1-2H3,(H,13,14). The van der Waals surface area contributed by atoms with Gasteiger partial charge in [0, 0.05) is 11.1 Å². The molecule has 0 radical (unpaired) electrons. The lowest BCUT2D eigenvalue weighted by Crippen LogP contribution is -2.18. The van der Waals surface area contributed by atoms with Crippen molar-refractivity contribution in [3.05, 3.63) is 28.2 Å². The first-order chi connectivity index (χ1) is 7.13. The minimum Gasteiger partial charge on any atom is -0.372 e. The highest BCUT2D eigenvalue weighted by Crippen LogP contribution is 2.23. The van der Waals surface area contributed by atoms with Gasteiger partial charge in [0.1, 0.15) is 6.61 Å². The highest BCUT2D eigenvalue weighted by atomic mass is 79.9. The summed E-state index contributed by atoms with van der Waals surface area (Å²) in [4.78, 5) is 11.4. The lowest BCUT2D eigenvalue weighted by molar-refractivity contribution is -0.120. The number of carbonyl (C=O) groups excluding carboxylic acids is 1. The molecule has 1 rings (SSSR count). The van der Waals surface area contributed by atoms with Crippen LogP contribution in [0.2, 0.25) is 0 Å². The molecule has 0 aliphatic rings. The zero-order valence-corrected chi connectivity index (χ0v) is 10.4. The van der Waals surface area contributed by atoms with Gasteiger partial charge in [0.2, 0.25) is 5.91 Å². The number of amides is 1. The molecular weight excluding hydrogens is 258 g/mol. The number of carbonyl (C=O) groups is 1. The first-order valence-electron chi connectivity index (χ1n) is 4.77. The van der Waals surface area contributed by atoms with Crippen LogP contribution in [0.25, 0.3) is 0 Å². The van der Waals surface area contributed by atoms with E-state index in [2.05, 4.69) is 21.2 Å². The third kappa shape index (κ3) is 4.01. The predicted molar refractivity (Wildman–Crippen MR) is 64.0 cm³/mol. The molecule has 1 aromatic rings. The Morgan fingerprint density at radius 3 is 2.87 bits per heavy atom. The first-order valence-corrected chi connectivity index (χ1v) is 5.56. The number of hydrogen-bond donors (Lipinski definition) is 1. The maximum absolute atomic E-state index is 11.4. The number of aryl methyl sites for hydroxylation is 1. The van der Waals surface area contributed by atoms with Crippen LogP contribution in [-0.2, 0) is 9.53 Å². The van der Waals surface area contributed by atoms with Gasteiger partial charge in [-0.15, -0.1) is 0 Å². The lowest BCUT2D eigenvalue weighted by atomic mass is 10.2. The number of halogens is 1.